The number of hydrogen-bond donors (Lipinski definition) is 0. The van der Waals surface area contributed by atoms with Crippen molar-refractivity contribution in [3.63, 3.8) is 0 Å². The molecule has 5 nitrogen and oxygen atoms in total. The third-order valence-corrected chi connectivity index (χ3v) is 5.18. The van der Waals surface area contributed by atoms with Crippen molar-refractivity contribution in [3.05, 3.63) is 79.9 Å². The van der Waals surface area contributed by atoms with Gasteiger partial charge in [0.2, 0.25) is 0 Å². The van der Waals surface area contributed by atoms with Gasteiger partial charge in [0.05, 0.1) is 11.3 Å². The Kier molecular flexibility index (Phi) is 4.64. The molecule has 0 aliphatic heterocycles. The second kappa shape index (κ2) is 6.75. The molecular weight excluding hydrogens is 328 g/mol. The molecule has 0 aliphatic rings. The van der Waals surface area contributed by atoms with E-state index in [1.807, 2.05) is 33.8 Å². The molecule has 0 unspecified atom stereocenters. The summed E-state index contributed by atoms with van der Waals surface area (Å²) in [5, 5.41) is 0. The van der Waals surface area contributed by atoms with Crippen LogP contribution >= 0.6 is 0 Å². The molecule has 0 amide bonds. The summed E-state index contributed by atoms with van der Waals surface area (Å²) in [7, 11) is 0. The smallest absolute Gasteiger partial charge is 0.339 e. The first kappa shape index (κ1) is 17.9. The highest BCUT2D eigenvalue weighted by atomic mass is 16.5. The number of aromatic nitrogens is 2. The van der Waals surface area contributed by atoms with Gasteiger partial charge in [-0.15, -0.1) is 0 Å². The number of esters is 1. The number of rotatable bonds is 3. The van der Waals surface area contributed by atoms with Crippen molar-refractivity contribution in [2.45, 2.75) is 41.2 Å². The van der Waals surface area contributed by atoms with Crippen LogP contribution in [-0.2, 0) is 11.3 Å². The maximum absolute atomic E-state index is 12.7. The van der Waals surface area contributed by atoms with E-state index in [9.17, 15) is 9.59 Å². The molecule has 0 atom stereocenters. The summed E-state index contributed by atoms with van der Waals surface area (Å²) in [6, 6.07) is 6.71. The number of carbonyl (C=O) groups excluding carboxylic acids is 1. The molecule has 0 aliphatic carbocycles. The zero-order valence-electron chi connectivity index (χ0n) is 15.7. The molecule has 0 fully saturated rings. The Morgan fingerprint density at radius 1 is 1.00 bits per heavy atom. The molecule has 134 valence electrons. The first-order valence-corrected chi connectivity index (χ1v) is 8.52. The summed E-state index contributed by atoms with van der Waals surface area (Å²) in [6.45, 7) is 9.92. The Bertz CT molecular complexity index is 1050. The van der Waals surface area contributed by atoms with E-state index in [0.29, 0.717) is 16.9 Å². The Balaban J connectivity index is 1.90. The average molecular weight is 350 g/mol. The molecule has 1 aromatic carbocycles. The highest BCUT2D eigenvalue weighted by molar-refractivity contribution is 5.93. The van der Waals surface area contributed by atoms with Gasteiger partial charge in [-0.25, -0.2) is 9.78 Å². The van der Waals surface area contributed by atoms with Gasteiger partial charge in [0.25, 0.3) is 5.56 Å². The predicted molar refractivity (Wildman–Crippen MR) is 101 cm³/mol. The van der Waals surface area contributed by atoms with Crippen LogP contribution in [0.5, 0.6) is 0 Å². The molecule has 3 aromatic rings. The molecule has 2 heterocycles. The molecular formula is C21H22N2O3. The Hall–Kier alpha value is -2.95. The fourth-order valence-corrected chi connectivity index (χ4v) is 3.19. The van der Waals surface area contributed by atoms with E-state index in [2.05, 4.69) is 11.9 Å². The van der Waals surface area contributed by atoms with Crippen molar-refractivity contribution in [3.8, 4) is 0 Å². The fraction of sp³-hybridized carbons (Fsp3) is 0.286. The molecule has 5 heteroatoms. The number of carbonyl (C=O) groups is 1. The van der Waals surface area contributed by atoms with Crippen LogP contribution in [0.2, 0.25) is 0 Å². The third kappa shape index (κ3) is 3.01. The van der Waals surface area contributed by atoms with E-state index in [0.717, 1.165) is 22.3 Å². The van der Waals surface area contributed by atoms with E-state index in [1.54, 1.807) is 18.3 Å². The monoisotopic (exact) mass is 350 g/mol. The van der Waals surface area contributed by atoms with Crippen LogP contribution in [0.25, 0.3) is 5.65 Å². The van der Waals surface area contributed by atoms with E-state index >= 15 is 0 Å². The van der Waals surface area contributed by atoms with E-state index in [-0.39, 0.29) is 18.1 Å². The molecule has 0 bridgehead atoms. The van der Waals surface area contributed by atoms with E-state index in [1.165, 1.54) is 16.0 Å². The van der Waals surface area contributed by atoms with Crippen LogP contribution in [0, 0.1) is 34.6 Å². The third-order valence-electron chi connectivity index (χ3n) is 5.18. The maximum atomic E-state index is 12.7. The van der Waals surface area contributed by atoms with Gasteiger partial charge >= 0.3 is 5.97 Å². The molecule has 0 N–H and O–H groups in total. The quantitative estimate of drug-likeness (QED) is 0.677. The lowest BCUT2D eigenvalue weighted by Crippen LogP contribution is -2.17. The Morgan fingerprint density at radius 2 is 1.62 bits per heavy atom. The zero-order chi connectivity index (χ0) is 19.0. The minimum absolute atomic E-state index is 0.0374. The van der Waals surface area contributed by atoms with Crippen molar-refractivity contribution in [1.82, 2.24) is 9.38 Å². The van der Waals surface area contributed by atoms with Crippen molar-refractivity contribution in [1.29, 1.82) is 0 Å². The van der Waals surface area contributed by atoms with Crippen LogP contribution < -0.4 is 5.56 Å². The predicted octanol–water partition coefficient (Wildman–Crippen LogP) is 3.59. The summed E-state index contributed by atoms with van der Waals surface area (Å²) in [4.78, 5) is 29.2. The maximum Gasteiger partial charge on any atom is 0.339 e. The van der Waals surface area contributed by atoms with Crippen LogP contribution in [0.1, 0.15) is 43.9 Å². The Morgan fingerprint density at radius 3 is 2.27 bits per heavy atom. The minimum atomic E-state index is -0.388. The van der Waals surface area contributed by atoms with Crippen molar-refractivity contribution in [2.75, 3.05) is 0 Å². The molecule has 0 spiro atoms. The summed E-state index contributed by atoms with van der Waals surface area (Å²) >= 11 is 0. The lowest BCUT2D eigenvalue weighted by atomic mass is 9.90. The molecule has 2 aromatic heterocycles. The molecule has 26 heavy (non-hydrogen) atoms. The average Bonchev–Trinajstić information content (AvgIpc) is 2.63. The van der Waals surface area contributed by atoms with E-state index < -0.39 is 0 Å². The van der Waals surface area contributed by atoms with Gasteiger partial charge in [-0.1, -0.05) is 6.07 Å². The lowest BCUT2D eigenvalue weighted by molar-refractivity contribution is 0.0465. The largest absolute Gasteiger partial charge is 0.456 e. The SMILES string of the molecule is Cc1c(C)c(C)c(C(=O)OCc2cc(=O)n3ccccc3n2)c(C)c1C. The number of benzene rings is 1. The van der Waals surface area contributed by atoms with Gasteiger partial charge in [-0.2, -0.15) is 0 Å². The van der Waals surface area contributed by atoms with Crippen LogP contribution in [0.4, 0.5) is 0 Å². The number of ether oxygens (including phenoxy) is 1. The van der Waals surface area contributed by atoms with Gasteiger partial charge in [0, 0.05) is 12.3 Å². The summed E-state index contributed by atoms with van der Waals surface area (Å²) in [5.41, 5.74) is 6.62. The van der Waals surface area contributed by atoms with Crippen molar-refractivity contribution in [2.24, 2.45) is 0 Å². The fourth-order valence-electron chi connectivity index (χ4n) is 3.19. The molecule has 0 saturated heterocycles. The topological polar surface area (TPSA) is 60.7 Å². The standard InChI is InChI=1S/C21H22N2O3/c1-12-13(2)15(4)20(16(5)14(12)3)21(25)26-11-17-10-19(24)23-9-7-6-8-18(23)22-17/h6-10H,11H2,1-5H3. The van der Waals surface area contributed by atoms with Gasteiger partial charge in [0.15, 0.2) is 0 Å². The highest BCUT2D eigenvalue weighted by Gasteiger charge is 2.19. The number of hydrogen-bond acceptors (Lipinski definition) is 4. The first-order chi connectivity index (χ1) is 12.3. The summed E-state index contributed by atoms with van der Waals surface area (Å²) in [5.74, 6) is -0.388. The van der Waals surface area contributed by atoms with Crippen molar-refractivity contribution < 1.29 is 9.53 Å². The minimum Gasteiger partial charge on any atom is -0.456 e. The van der Waals surface area contributed by atoms with E-state index in [4.69, 9.17) is 4.74 Å². The normalized spacial score (nSPS) is 11.0. The van der Waals surface area contributed by atoms with Crippen LogP contribution in [0.15, 0.2) is 35.3 Å². The zero-order valence-corrected chi connectivity index (χ0v) is 15.7. The lowest BCUT2D eigenvalue weighted by Gasteiger charge is -2.17. The van der Waals surface area contributed by atoms with Gasteiger partial charge in [-0.3, -0.25) is 9.20 Å². The Labute approximate surface area is 152 Å². The van der Waals surface area contributed by atoms with Crippen molar-refractivity contribution >= 4 is 11.6 Å². The summed E-state index contributed by atoms with van der Waals surface area (Å²) in [6.07, 6.45) is 1.66. The highest BCUT2D eigenvalue weighted by Crippen LogP contribution is 2.26. The van der Waals surface area contributed by atoms with Gasteiger partial charge in [-0.05, 0) is 74.6 Å². The van der Waals surface area contributed by atoms with Crippen LogP contribution in [0.3, 0.4) is 0 Å². The molecule has 3 rings (SSSR count). The molecule has 0 saturated carbocycles. The van der Waals surface area contributed by atoms with Gasteiger partial charge < -0.3 is 4.74 Å². The number of fused-ring (bicyclic) bond motifs is 1. The van der Waals surface area contributed by atoms with Crippen LogP contribution in [-0.4, -0.2) is 15.4 Å². The summed E-state index contributed by atoms with van der Waals surface area (Å²) < 4.78 is 6.93. The van der Waals surface area contributed by atoms with Gasteiger partial charge in [0.1, 0.15) is 12.3 Å². The number of nitrogens with zero attached hydrogens (tertiary/aromatic N) is 2. The second-order valence-corrected chi connectivity index (χ2v) is 6.59. The number of pyridine rings is 1. The first-order valence-electron chi connectivity index (χ1n) is 8.52. The molecule has 0 radical (unpaired) electrons. The second-order valence-electron chi connectivity index (χ2n) is 6.59.